The van der Waals surface area contributed by atoms with Crippen molar-refractivity contribution in [2.75, 3.05) is 0 Å². The maximum atomic E-state index is 11.3. The summed E-state index contributed by atoms with van der Waals surface area (Å²) in [6, 6.07) is 10.6. The SMILES string of the molecule is CC(C)n1ccc(CNC(C(=O)O)c2ccccc2)n1. The van der Waals surface area contributed by atoms with Gasteiger partial charge in [-0.1, -0.05) is 30.3 Å². The molecule has 0 aliphatic rings. The summed E-state index contributed by atoms with van der Waals surface area (Å²) < 4.78 is 1.86. The van der Waals surface area contributed by atoms with E-state index in [4.69, 9.17) is 0 Å². The van der Waals surface area contributed by atoms with Crippen LogP contribution in [0.4, 0.5) is 0 Å². The Balaban J connectivity index is 2.04. The molecule has 1 unspecified atom stereocenters. The highest BCUT2D eigenvalue weighted by Gasteiger charge is 2.19. The molecule has 5 nitrogen and oxygen atoms in total. The molecule has 1 heterocycles. The van der Waals surface area contributed by atoms with Crippen molar-refractivity contribution in [2.45, 2.75) is 32.5 Å². The van der Waals surface area contributed by atoms with Crippen LogP contribution in [0, 0.1) is 0 Å². The van der Waals surface area contributed by atoms with Crippen LogP contribution in [0.25, 0.3) is 0 Å². The summed E-state index contributed by atoms with van der Waals surface area (Å²) >= 11 is 0. The van der Waals surface area contributed by atoms with Gasteiger partial charge in [0.2, 0.25) is 0 Å². The van der Waals surface area contributed by atoms with Crippen LogP contribution in [0.3, 0.4) is 0 Å². The average molecular weight is 273 g/mol. The first-order chi connectivity index (χ1) is 9.58. The summed E-state index contributed by atoms with van der Waals surface area (Å²) in [6.45, 7) is 4.52. The molecule has 5 heteroatoms. The van der Waals surface area contributed by atoms with E-state index in [9.17, 15) is 9.90 Å². The van der Waals surface area contributed by atoms with Gasteiger partial charge in [0.1, 0.15) is 6.04 Å². The van der Waals surface area contributed by atoms with E-state index < -0.39 is 12.0 Å². The Bertz CT molecular complexity index is 564. The Kier molecular flexibility index (Phi) is 4.53. The molecule has 0 amide bonds. The normalized spacial score (nSPS) is 12.6. The molecule has 0 aliphatic carbocycles. The Hall–Kier alpha value is -2.14. The summed E-state index contributed by atoms with van der Waals surface area (Å²) in [4.78, 5) is 11.3. The van der Waals surface area contributed by atoms with Crippen molar-refractivity contribution in [2.24, 2.45) is 0 Å². The number of benzene rings is 1. The number of aliphatic carboxylic acids is 1. The topological polar surface area (TPSA) is 67.2 Å². The minimum absolute atomic E-state index is 0.299. The standard InChI is InChI=1S/C15H19N3O2/c1-11(2)18-9-8-13(17-18)10-16-14(15(19)20)12-6-4-3-5-7-12/h3-9,11,14,16H,10H2,1-2H3,(H,19,20). The van der Waals surface area contributed by atoms with Crippen molar-refractivity contribution < 1.29 is 9.90 Å². The second-order valence-electron chi connectivity index (χ2n) is 4.94. The Morgan fingerprint density at radius 2 is 2.00 bits per heavy atom. The number of carboxylic acids is 1. The second kappa shape index (κ2) is 6.34. The number of carboxylic acid groups (broad SMARTS) is 1. The van der Waals surface area contributed by atoms with Crippen LogP contribution in [0.15, 0.2) is 42.6 Å². The lowest BCUT2D eigenvalue weighted by Gasteiger charge is -2.14. The van der Waals surface area contributed by atoms with Crippen molar-refractivity contribution in [3.05, 3.63) is 53.9 Å². The van der Waals surface area contributed by atoms with Crippen LogP contribution in [-0.2, 0) is 11.3 Å². The number of nitrogens with one attached hydrogen (secondary N) is 1. The van der Waals surface area contributed by atoms with E-state index in [1.54, 1.807) is 12.1 Å². The summed E-state index contributed by atoms with van der Waals surface area (Å²) in [5, 5.41) is 16.7. The minimum Gasteiger partial charge on any atom is -0.480 e. The van der Waals surface area contributed by atoms with Gasteiger partial charge in [-0.3, -0.25) is 14.8 Å². The van der Waals surface area contributed by atoms with E-state index in [0.29, 0.717) is 12.6 Å². The summed E-state index contributed by atoms with van der Waals surface area (Å²) in [5.74, 6) is -0.889. The van der Waals surface area contributed by atoms with Crippen LogP contribution in [0.2, 0.25) is 0 Å². The third kappa shape index (κ3) is 3.45. The van der Waals surface area contributed by atoms with E-state index in [1.165, 1.54) is 0 Å². The van der Waals surface area contributed by atoms with E-state index in [1.807, 2.05) is 49.0 Å². The van der Waals surface area contributed by atoms with Gasteiger partial charge < -0.3 is 5.11 Å². The Morgan fingerprint density at radius 1 is 1.30 bits per heavy atom. The molecule has 0 saturated carbocycles. The highest BCUT2D eigenvalue weighted by molar-refractivity contribution is 5.75. The molecule has 2 rings (SSSR count). The van der Waals surface area contributed by atoms with Crippen LogP contribution in [-0.4, -0.2) is 20.9 Å². The molecule has 2 aromatic rings. The number of rotatable bonds is 6. The maximum Gasteiger partial charge on any atom is 0.325 e. The molecule has 106 valence electrons. The first kappa shape index (κ1) is 14.3. The zero-order chi connectivity index (χ0) is 14.5. The number of hydrogen-bond acceptors (Lipinski definition) is 3. The number of aromatic nitrogens is 2. The zero-order valence-corrected chi connectivity index (χ0v) is 11.7. The number of nitrogens with zero attached hydrogens (tertiary/aromatic N) is 2. The van der Waals surface area contributed by atoms with Gasteiger partial charge in [0.15, 0.2) is 0 Å². The fourth-order valence-electron chi connectivity index (χ4n) is 1.96. The molecule has 0 fully saturated rings. The largest absolute Gasteiger partial charge is 0.480 e. The van der Waals surface area contributed by atoms with Crippen molar-refractivity contribution in [1.82, 2.24) is 15.1 Å². The molecule has 0 bridgehead atoms. The third-order valence-corrected chi connectivity index (χ3v) is 3.06. The van der Waals surface area contributed by atoms with Crippen molar-refractivity contribution in [3.8, 4) is 0 Å². The van der Waals surface area contributed by atoms with Gasteiger partial charge in [-0.05, 0) is 25.5 Å². The number of hydrogen-bond donors (Lipinski definition) is 2. The van der Waals surface area contributed by atoms with Crippen molar-refractivity contribution >= 4 is 5.97 Å². The van der Waals surface area contributed by atoms with Gasteiger partial charge in [0.25, 0.3) is 0 Å². The van der Waals surface area contributed by atoms with Gasteiger partial charge in [-0.2, -0.15) is 5.10 Å². The minimum atomic E-state index is -0.889. The monoisotopic (exact) mass is 273 g/mol. The first-order valence-corrected chi connectivity index (χ1v) is 6.63. The molecule has 0 saturated heterocycles. The van der Waals surface area contributed by atoms with Crippen LogP contribution < -0.4 is 5.32 Å². The van der Waals surface area contributed by atoms with Gasteiger partial charge in [-0.25, -0.2) is 0 Å². The quantitative estimate of drug-likeness (QED) is 0.848. The van der Waals surface area contributed by atoms with Gasteiger partial charge >= 0.3 is 5.97 Å². The van der Waals surface area contributed by atoms with E-state index in [-0.39, 0.29) is 0 Å². The fourth-order valence-corrected chi connectivity index (χ4v) is 1.96. The van der Waals surface area contributed by atoms with E-state index >= 15 is 0 Å². The van der Waals surface area contributed by atoms with Crippen molar-refractivity contribution in [1.29, 1.82) is 0 Å². The van der Waals surface area contributed by atoms with Gasteiger partial charge in [0.05, 0.1) is 5.69 Å². The molecule has 0 radical (unpaired) electrons. The highest BCUT2D eigenvalue weighted by atomic mass is 16.4. The average Bonchev–Trinajstić information content (AvgIpc) is 2.89. The zero-order valence-electron chi connectivity index (χ0n) is 11.7. The molecule has 0 aliphatic heterocycles. The lowest BCUT2D eigenvalue weighted by Crippen LogP contribution is -2.28. The van der Waals surface area contributed by atoms with Crippen molar-refractivity contribution in [3.63, 3.8) is 0 Å². The fraction of sp³-hybridized carbons (Fsp3) is 0.333. The molecule has 1 aromatic heterocycles. The van der Waals surface area contributed by atoms with E-state index in [0.717, 1.165) is 11.3 Å². The molecule has 1 aromatic carbocycles. The molecule has 20 heavy (non-hydrogen) atoms. The third-order valence-electron chi connectivity index (χ3n) is 3.06. The van der Waals surface area contributed by atoms with Crippen LogP contribution in [0.5, 0.6) is 0 Å². The van der Waals surface area contributed by atoms with Crippen LogP contribution >= 0.6 is 0 Å². The smallest absolute Gasteiger partial charge is 0.325 e. The highest BCUT2D eigenvalue weighted by Crippen LogP contribution is 2.13. The van der Waals surface area contributed by atoms with E-state index in [2.05, 4.69) is 10.4 Å². The first-order valence-electron chi connectivity index (χ1n) is 6.63. The lowest BCUT2D eigenvalue weighted by molar-refractivity contribution is -0.139. The summed E-state index contributed by atoms with van der Waals surface area (Å²) in [5.41, 5.74) is 1.57. The van der Waals surface area contributed by atoms with Gasteiger partial charge in [-0.15, -0.1) is 0 Å². The van der Waals surface area contributed by atoms with Gasteiger partial charge in [0, 0.05) is 18.8 Å². The lowest BCUT2D eigenvalue weighted by atomic mass is 10.1. The molecule has 0 spiro atoms. The van der Waals surface area contributed by atoms with Crippen LogP contribution in [0.1, 0.15) is 37.2 Å². The Labute approximate surface area is 118 Å². The summed E-state index contributed by atoms with van der Waals surface area (Å²) in [7, 11) is 0. The predicted molar refractivity (Wildman–Crippen MR) is 76.3 cm³/mol. The second-order valence-corrected chi connectivity index (χ2v) is 4.94. The maximum absolute atomic E-state index is 11.3. The molecular weight excluding hydrogens is 254 g/mol. The summed E-state index contributed by atoms with van der Waals surface area (Å²) in [6.07, 6.45) is 1.90. The predicted octanol–water partition coefficient (Wildman–Crippen LogP) is 2.38. The molecular formula is C15H19N3O2. The number of carbonyl (C=O) groups is 1. The molecule has 2 N–H and O–H groups in total. The Morgan fingerprint density at radius 3 is 2.55 bits per heavy atom. The molecule has 1 atom stereocenters.